The number of hydrogen-bond acceptors (Lipinski definition) is 1. The molecule has 21 heavy (non-hydrogen) atoms. The highest BCUT2D eigenvalue weighted by atomic mass is 35.5. The fraction of sp³-hybridized carbons (Fsp3) is 0.316. The number of fused-ring (bicyclic) bond motifs is 2. The van der Waals surface area contributed by atoms with Crippen molar-refractivity contribution in [2.45, 2.75) is 31.1 Å². The summed E-state index contributed by atoms with van der Waals surface area (Å²) in [5.74, 6) is 0.591. The molecule has 0 aromatic heterocycles. The average molecular weight is 296 g/mol. The van der Waals surface area contributed by atoms with E-state index in [0.717, 1.165) is 25.7 Å². The van der Waals surface area contributed by atoms with Gasteiger partial charge in [-0.25, -0.2) is 0 Å². The molecule has 2 aromatic carbocycles. The van der Waals surface area contributed by atoms with Crippen LogP contribution < -0.4 is 0 Å². The molecule has 0 aliphatic heterocycles. The lowest BCUT2D eigenvalue weighted by molar-refractivity contribution is 0.581. The molecular formula is C19H18ClN. The van der Waals surface area contributed by atoms with Gasteiger partial charge in [0.1, 0.15) is 5.41 Å². The van der Waals surface area contributed by atoms with E-state index in [2.05, 4.69) is 42.5 Å². The van der Waals surface area contributed by atoms with Gasteiger partial charge < -0.3 is 0 Å². The lowest BCUT2D eigenvalue weighted by atomic mass is 9.71. The van der Waals surface area contributed by atoms with Crippen LogP contribution in [0.1, 0.15) is 35.1 Å². The first-order valence-corrected chi connectivity index (χ1v) is 7.99. The molecule has 0 saturated heterocycles. The van der Waals surface area contributed by atoms with Crippen LogP contribution in [0, 0.1) is 11.3 Å². The van der Waals surface area contributed by atoms with Crippen molar-refractivity contribution in [3.05, 3.63) is 70.8 Å². The second-order valence-corrected chi connectivity index (χ2v) is 6.00. The van der Waals surface area contributed by atoms with Gasteiger partial charge in [0.25, 0.3) is 0 Å². The first-order valence-electron chi connectivity index (χ1n) is 7.46. The van der Waals surface area contributed by atoms with E-state index in [1.54, 1.807) is 0 Å². The third-order valence-electron chi connectivity index (χ3n) is 4.49. The summed E-state index contributed by atoms with van der Waals surface area (Å²) in [4.78, 5) is 0. The highest BCUT2D eigenvalue weighted by Gasteiger charge is 2.38. The van der Waals surface area contributed by atoms with Gasteiger partial charge in [-0.05, 0) is 47.9 Å². The van der Waals surface area contributed by atoms with E-state index in [-0.39, 0.29) is 0 Å². The topological polar surface area (TPSA) is 23.8 Å². The highest BCUT2D eigenvalue weighted by Crippen LogP contribution is 2.42. The maximum atomic E-state index is 10.1. The highest BCUT2D eigenvalue weighted by molar-refractivity contribution is 6.17. The van der Waals surface area contributed by atoms with E-state index >= 15 is 0 Å². The predicted molar refractivity (Wildman–Crippen MR) is 86.6 cm³/mol. The Morgan fingerprint density at radius 1 is 0.952 bits per heavy atom. The molecule has 1 aliphatic rings. The lowest BCUT2D eigenvalue weighted by Crippen LogP contribution is -2.27. The molecule has 0 radical (unpaired) electrons. The van der Waals surface area contributed by atoms with Gasteiger partial charge in [0.15, 0.2) is 0 Å². The summed E-state index contributed by atoms with van der Waals surface area (Å²) < 4.78 is 0. The second kappa shape index (κ2) is 5.92. The van der Waals surface area contributed by atoms with Crippen molar-refractivity contribution in [1.82, 2.24) is 0 Å². The van der Waals surface area contributed by atoms with Crippen molar-refractivity contribution in [2.75, 3.05) is 5.88 Å². The van der Waals surface area contributed by atoms with Gasteiger partial charge in [0.2, 0.25) is 0 Å². The summed E-state index contributed by atoms with van der Waals surface area (Å²) >= 11 is 5.93. The van der Waals surface area contributed by atoms with Crippen molar-refractivity contribution >= 4 is 11.6 Å². The van der Waals surface area contributed by atoms with Crippen LogP contribution in [0.15, 0.2) is 48.5 Å². The smallest absolute Gasteiger partial charge is 0.108 e. The van der Waals surface area contributed by atoms with Crippen molar-refractivity contribution in [3.63, 3.8) is 0 Å². The zero-order chi connectivity index (χ0) is 14.7. The molecule has 0 bridgehead atoms. The fourth-order valence-corrected chi connectivity index (χ4v) is 3.64. The van der Waals surface area contributed by atoms with Gasteiger partial charge in [0.05, 0.1) is 6.07 Å². The molecule has 0 unspecified atom stereocenters. The maximum Gasteiger partial charge on any atom is 0.108 e. The van der Waals surface area contributed by atoms with Gasteiger partial charge in [0, 0.05) is 5.88 Å². The van der Waals surface area contributed by atoms with Crippen LogP contribution >= 0.6 is 11.6 Å². The van der Waals surface area contributed by atoms with E-state index < -0.39 is 5.41 Å². The molecule has 0 atom stereocenters. The predicted octanol–water partition coefficient (Wildman–Crippen LogP) is 4.61. The van der Waals surface area contributed by atoms with Crippen LogP contribution in [0.5, 0.6) is 0 Å². The number of alkyl halides is 1. The lowest BCUT2D eigenvalue weighted by Gasteiger charge is -2.29. The monoisotopic (exact) mass is 295 g/mol. The van der Waals surface area contributed by atoms with E-state index in [1.165, 1.54) is 22.3 Å². The third kappa shape index (κ3) is 2.34. The first kappa shape index (κ1) is 14.2. The number of benzene rings is 2. The second-order valence-electron chi connectivity index (χ2n) is 5.62. The number of hydrogen-bond donors (Lipinski definition) is 0. The Morgan fingerprint density at radius 2 is 1.48 bits per heavy atom. The van der Waals surface area contributed by atoms with E-state index in [0.29, 0.717) is 5.88 Å². The molecular weight excluding hydrogens is 278 g/mol. The van der Waals surface area contributed by atoms with Gasteiger partial charge in [-0.1, -0.05) is 48.5 Å². The molecule has 0 N–H and O–H groups in total. The zero-order valence-corrected chi connectivity index (χ0v) is 12.7. The van der Waals surface area contributed by atoms with Crippen LogP contribution in [0.25, 0.3) is 0 Å². The summed E-state index contributed by atoms with van der Waals surface area (Å²) in [6.07, 6.45) is 3.62. The number of halogens is 1. The molecule has 2 aromatic rings. The van der Waals surface area contributed by atoms with Gasteiger partial charge in [-0.2, -0.15) is 5.26 Å². The Bertz CT molecular complexity index is 636. The number of nitriles is 1. The summed E-state index contributed by atoms with van der Waals surface area (Å²) in [5, 5.41) is 10.1. The van der Waals surface area contributed by atoms with E-state index in [9.17, 15) is 5.26 Å². The van der Waals surface area contributed by atoms with Crippen molar-refractivity contribution in [2.24, 2.45) is 0 Å². The Kier molecular flexibility index (Phi) is 3.99. The fourth-order valence-electron chi connectivity index (χ4n) is 3.50. The standard InChI is InChI=1S/C19H18ClN/c20-13-5-12-19(14-21)17-8-3-1-6-15(17)10-11-16-7-2-4-9-18(16)19/h1-4,6-9H,5,10-13H2. The SMILES string of the molecule is N#CC1(CCCCl)c2ccccc2CCc2ccccc21. The molecule has 0 heterocycles. The third-order valence-corrected chi connectivity index (χ3v) is 4.76. The summed E-state index contributed by atoms with van der Waals surface area (Å²) in [7, 11) is 0. The minimum absolute atomic E-state index is 0.557. The number of rotatable bonds is 3. The average Bonchev–Trinajstić information content (AvgIpc) is 2.69. The maximum absolute atomic E-state index is 10.1. The molecule has 3 rings (SSSR count). The molecule has 0 fully saturated rings. The molecule has 2 heteroatoms. The van der Waals surface area contributed by atoms with Crippen molar-refractivity contribution < 1.29 is 0 Å². The summed E-state index contributed by atoms with van der Waals surface area (Å²) in [6.45, 7) is 0. The minimum atomic E-state index is -0.557. The van der Waals surface area contributed by atoms with Crippen molar-refractivity contribution in [3.8, 4) is 6.07 Å². The van der Waals surface area contributed by atoms with Crippen LogP contribution in [0.4, 0.5) is 0 Å². The Hall–Kier alpha value is -1.78. The molecule has 0 amide bonds. The van der Waals surface area contributed by atoms with Gasteiger partial charge in [-0.15, -0.1) is 11.6 Å². The van der Waals surface area contributed by atoms with Gasteiger partial charge in [-0.3, -0.25) is 0 Å². The normalized spacial score (nSPS) is 15.4. The van der Waals surface area contributed by atoms with E-state index in [1.807, 2.05) is 12.1 Å². The Balaban J connectivity index is 2.26. The van der Waals surface area contributed by atoms with Crippen LogP contribution in [0.3, 0.4) is 0 Å². The van der Waals surface area contributed by atoms with Crippen LogP contribution in [-0.4, -0.2) is 5.88 Å². The number of nitrogens with zero attached hydrogens (tertiary/aromatic N) is 1. The minimum Gasteiger partial charge on any atom is -0.197 e. The summed E-state index contributed by atoms with van der Waals surface area (Å²) in [6, 6.07) is 19.4. The van der Waals surface area contributed by atoms with Crippen molar-refractivity contribution in [1.29, 1.82) is 5.26 Å². The first-order chi connectivity index (χ1) is 10.3. The zero-order valence-electron chi connectivity index (χ0n) is 12.0. The van der Waals surface area contributed by atoms with Crippen LogP contribution in [0.2, 0.25) is 0 Å². The Labute approximate surface area is 131 Å². The molecule has 1 aliphatic carbocycles. The Morgan fingerprint density at radius 3 is 1.95 bits per heavy atom. The summed E-state index contributed by atoms with van der Waals surface area (Å²) in [5.41, 5.74) is 4.37. The quantitative estimate of drug-likeness (QED) is 0.758. The molecule has 106 valence electrons. The number of aryl methyl sites for hydroxylation is 2. The van der Waals surface area contributed by atoms with Crippen LogP contribution in [-0.2, 0) is 18.3 Å². The van der Waals surface area contributed by atoms with E-state index in [4.69, 9.17) is 11.6 Å². The molecule has 0 spiro atoms. The largest absolute Gasteiger partial charge is 0.197 e. The van der Waals surface area contributed by atoms with Gasteiger partial charge >= 0.3 is 0 Å². The molecule has 1 nitrogen and oxygen atoms in total. The molecule has 0 saturated carbocycles.